The van der Waals surface area contributed by atoms with Crippen LogP contribution in [0.15, 0.2) is 16.9 Å². The van der Waals surface area contributed by atoms with E-state index in [-0.39, 0.29) is 22.6 Å². The van der Waals surface area contributed by atoms with Crippen molar-refractivity contribution in [3.8, 4) is 6.07 Å². The molecule has 0 amide bonds. The SMILES string of the molecule is CCN(C)c1nc(N(C)c2c(F)cc(C#N)cc2F)c(C)c(=O)[nH]1. The van der Waals surface area contributed by atoms with E-state index in [1.54, 1.807) is 18.0 Å². The molecule has 1 N–H and O–H groups in total. The molecule has 24 heavy (non-hydrogen) atoms. The lowest BCUT2D eigenvalue weighted by molar-refractivity contribution is 0.582. The van der Waals surface area contributed by atoms with Crippen LogP contribution in [0.4, 0.5) is 26.2 Å². The fourth-order valence-electron chi connectivity index (χ4n) is 2.22. The van der Waals surface area contributed by atoms with E-state index in [4.69, 9.17) is 5.26 Å². The molecule has 6 nitrogen and oxygen atoms in total. The summed E-state index contributed by atoms with van der Waals surface area (Å²) in [7, 11) is 3.15. The van der Waals surface area contributed by atoms with Crippen molar-refractivity contribution in [3.63, 3.8) is 0 Å². The fourth-order valence-corrected chi connectivity index (χ4v) is 2.22. The molecule has 0 spiro atoms. The molecule has 126 valence electrons. The number of aromatic amines is 1. The second-order valence-electron chi connectivity index (χ2n) is 5.31. The van der Waals surface area contributed by atoms with Crippen LogP contribution in [-0.2, 0) is 0 Å². The minimum Gasteiger partial charge on any atom is -0.346 e. The molecule has 0 aliphatic heterocycles. The molecule has 0 unspecified atom stereocenters. The summed E-state index contributed by atoms with van der Waals surface area (Å²) in [4.78, 5) is 21.9. The number of hydrogen-bond donors (Lipinski definition) is 1. The predicted octanol–water partition coefficient (Wildman–Crippen LogP) is 2.45. The number of nitriles is 1. The van der Waals surface area contributed by atoms with Gasteiger partial charge in [0.25, 0.3) is 5.56 Å². The molecule has 0 saturated heterocycles. The highest BCUT2D eigenvalue weighted by molar-refractivity contribution is 5.65. The number of halogens is 2. The van der Waals surface area contributed by atoms with Crippen molar-refractivity contribution in [1.82, 2.24) is 9.97 Å². The Labute approximate surface area is 138 Å². The van der Waals surface area contributed by atoms with Gasteiger partial charge in [0.05, 0.1) is 17.2 Å². The third-order valence-electron chi connectivity index (χ3n) is 3.75. The second-order valence-corrected chi connectivity index (χ2v) is 5.31. The average Bonchev–Trinajstić information content (AvgIpc) is 2.55. The smallest absolute Gasteiger partial charge is 0.257 e. The minimum atomic E-state index is -0.902. The van der Waals surface area contributed by atoms with Gasteiger partial charge in [-0.3, -0.25) is 9.78 Å². The average molecular weight is 333 g/mol. The Balaban J connectivity index is 2.63. The quantitative estimate of drug-likeness (QED) is 0.930. The van der Waals surface area contributed by atoms with E-state index in [0.29, 0.717) is 12.5 Å². The normalized spacial score (nSPS) is 10.4. The first kappa shape index (κ1) is 17.4. The van der Waals surface area contributed by atoms with Crippen LogP contribution < -0.4 is 15.4 Å². The van der Waals surface area contributed by atoms with Gasteiger partial charge in [-0.2, -0.15) is 10.2 Å². The lowest BCUT2D eigenvalue weighted by Crippen LogP contribution is -2.27. The van der Waals surface area contributed by atoms with E-state index in [1.165, 1.54) is 18.9 Å². The number of H-pyrrole nitrogens is 1. The fraction of sp³-hybridized carbons (Fsp3) is 0.312. The van der Waals surface area contributed by atoms with Gasteiger partial charge in [-0.15, -0.1) is 0 Å². The Kier molecular flexibility index (Phi) is 4.83. The van der Waals surface area contributed by atoms with Crippen molar-refractivity contribution in [3.05, 3.63) is 45.2 Å². The van der Waals surface area contributed by atoms with E-state index in [9.17, 15) is 13.6 Å². The summed E-state index contributed by atoms with van der Waals surface area (Å²) in [6.45, 7) is 3.99. The van der Waals surface area contributed by atoms with Crippen LogP contribution in [0, 0.1) is 29.9 Å². The molecular weight excluding hydrogens is 316 g/mol. The molecule has 8 heteroatoms. The van der Waals surface area contributed by atoms with Gasteiger partial charge in [0, 0.05) is 20.6 Å². The minimum absolute atomic E-state index is 0.121. The zero-order valence-corrected chi connectivity index (χ0v) is 13.8. The Hall–Kier alpha value is -2.95. The molecule has 2 rings (SSSR count). The Morgan fingerprint density at radius 2 is 1.88 bits per heavy atom. The van der Waals surface area contributed by atoms with Gasteiger partial charge in [0.2, 0.25) is 5.95 Å². The largest absolute Gasteiger partial charge is 0.346 e. The lowest BCUT2D eigenvalue weighted by atomic mass is 10.2. The van der Waals surface area contributed by atoms with Crippen molar-refractivity contribution in [2.24, 2.45) is 0 Å². The van der Waals surface area contributed by atoms with Crippen LogP contribution in [0.1, 0.15) is 18.1 Å². The first-order valence-corrected chi connectivity index (χ1v) is 7.25. The van der Waals surface area contributed by atoms with Gasteiger partial charge in [-0.1, -0.05) is 0 Å². The van der Waals surface area contributed by atoms with Crippen LogP contribution in [-0.4, -0.2) is 30.6 Å². The van der Waals surface area contributed by atoms with Gasteiger partial charge < -0.3 is 9.80 Å². The van der Waals surface area contributed by atoms with E-state index in [0.717, 1.165) is 12.1 Å². The maximum absolute atomic E-state index is 14.2. The first-order valence-electron chi connectivity index (χ1n) is 7.25. The number of rotatable bonds is 4. The molecule has 0 radical (unpaired) electrons. The highest BCUT2D eigenvalue weighted by atomic mass is 19.1. The number of nitrogens with zero attached hydrogens (tertiary/aromatic N) is 4. The number of anilines is 3. The molecule has 1 aromatic heterocycles. The highest BCUT2D eigenvalue weighted by Gasteiger charge is 2.21. The second kappa shape index (κ2) is 6.66. The molecule has 0 aliphatic carbocycles. The molecule has 2 aromatic rings. The molecule has 0 bridgehead atoms. The Morgan fingerprint density at radius 3 is 2.38 bits per heavy atom. The lowest BCUT2D eigenvalue weighted by Gasteiger charge is -2.23. The zero-order chi connectivity index (χ0) is 18.0. The van der Waals surface area contributed by atoms with Crippen LogP contribution in [0.2, 0.25) is 0 Å². The molecule has 0 saturated carbocycles. The summed E-state index contributed by atoms with van der Waals surface area (Å²) in [6, 6.07) is 3.57. The summed E-state index contributed by atoms with van der Waals surface area (Å²) < 4.78 is 28.5. The van der Waals surface area contributed by atoms with Crippen LogP contribution in [0.5, 0.6) is 0 Å². The van der Waals surface area contributed by atoms with E-state index < -0.39 is 17.2 Å². The molecule has 0 atom stereocenters. The molecular formula is C16H17F2N5O. The topological polar surface area (TPSA) is 76.0 Å². The van der Waals surface area contributed by atoms with Gasteiger partial charge in [0.15, 0.2) is 11.6 Å². The van der Waals surface area contributed by atoms with Gasteiger partial charge >= 0.3 is 0 Å². The maximum atomic E-state index is 14.2. The predicted molar refractivity (Wildman–Crippen MR) is 87.7 cm³/mol. The maximum Gasteiger partial charge on any atom is 0.257 e. The van der Waals surface area contributed by atoms with Crippen LogP contribution >= 0.6 is 0 Å². The van der Waals surface area contributed by atoms with Crippen molar-refractivity contribution in [2.75, 3.05) is 30.4 Å². The van der Waals surface area contributed by atoms with Crippen molar-refractivity contribution in [2.45, 2.75) is 13.8 Å². The van der Waals surface area contributed by atoms with E-state index in [2.05, 4.69) is 9.97 Å². The van der Waals surface area contributed by atoms with Gasteiger partial charge in [-0.05, 0) is 26.0 Å². The van der Waals surface area contributed by atoms with Crippen molar-refractivity contribution >= 4 is 17.5 Å². The third-order valence-corrected chi connectivity index (χ3v) is 3.75. The molecule has 1 aromatic carbocycles. The number of nitrogens with one attached hydrogen (secondary N) is 1. The van der Waals surface area contributed by atoms with E-state index >= 15 is 0 Å². The summed E-state index contributed by atoms with van der Waals surface area (Å²) >= 11 is 0. The number of benzene rings is 1. The summed E-state index contributed by atoms with van der Waals surface area (Å²) in [5, 5.41) is 8.78. The highest BCUT2D eigenvalue weighted by Crippen LogP contribution is 2.30. The summed E-state index contributed by atoms with van der Waals surface area (Å²) in [5.74, 6) is -1.37. The van der Waals surface area contributed by atoms with E-state index in [1.807, 2.05) is 6.92 Å². The molecule has 0 aliphatic rings. The zero-order valence-electron chi connectivity index (χ0n) is 13.8. The standard InChI is InChI=1S/C16H17F2N5O/c1-5-22(3)16-20-14(9(2)15(24)21-16)23(4)13-11(17)6-10(8-19)7-12(13)18/h6-7H,5H2,1-4H3,(H,20,21,24). The molecule has 1 heterocycles. The monoisotopic (exact) mass is 333 g/mol. The van der Waals surface area contributed by atoms with Crippen molar-refractivity contribution < 1.29 is 8.78 Å². The summed E-state index contributed by atoms with van der Waals surface area (Å²) in [5.41, 5.74) is -0.657. The van der Waals surface area contributed by atoms with Crippen molar-refractivity contribution in [1.29, 1.82) is 5.26 Å². The van der Waals surface area contributed by atoms with Crippen LogP contribution in [0.25, 0.3) is 0 Å². The first-order chi connectivity index (χ1) is 11.3. The Bertz CT molecular complexity index is 849. The third kappa shape index (κ3) is 3.06. The Morgan fingerprint density at radius 1 is 1.29 bits per heavy atom. The van der Waals surface area contributed by atoms with Gasteiger partial charge in [-0.25, -0.2) is 8.78 Å². The van der Waals surface area contributed by atoms with Gasteiger partial charge in [0.1, 0.15) is 11.5 Å². The summed E-state index contributed by atoms with van der Waals surface area (Å²) in [6.07, 6.45) is 0. The number of aromatic nitrogens is 2. The molecule has 0 fully saturated rings. The van der Waals surface area contributed by atoms with Crippen LogP contribution in [0.3, 0.4) is 0 Å². The number of hydrogen-bond acceptors (Lipinski definition) is 5.